The van der Waals surface area contributed by atoms with E-state index < -0.39 is 5.60 Å². The normalized spacial score (nSPS) is 32.6. The topological polar surface area (TPSA) is 37.3 Å². The van der Waals surface area contributed by atoms with Crippen molar-refractivity contribution in [2.75, 3.05) is 0 Å². The van der Waals surface area contributed by atoms with Crippen LogP contribution >= 0.6 is 0 Å². The lowest BCUT2D eigenvalue weighted by Gasteiger charge is -2.33. The van der Waals surface area contributed by atoms with E-state index in [2.05, 4.69) is 13.5 Å². The van der Waals surface area contributed by atoms with E-state index in [-0.39, 0.29) is 5.78 Å². The SMILES string of the molecule is C=CCCC(=O)C1(O)CCC(C)CC1. The summed E-state index contributed by atoms with van der Waals surface area (Å²) in [6, 6.07) is 0. The first-order valence-corrected chi connectivity index (χ1v) is 5.45. The second kappa shape index (κ2) is 4.74. The molecule has 0 bridgehead atoms. The molecule has 1 N–H and O–H groups in total. The van der Waals surface area contributed by atoms with E-state index in [4.69, 9.17) is 0 Å². The van der Waals surface area contributed by atoms with E-state index in [0.29, 0.717) is 31.6 Å². The van der Waals surface area contributed by atoms with Gasteiger partial charge in [-0.1, -0.05) is 13.0 Å². The summed E-state index contributed by atoms with van der Waals surface area (Å²) in [5, 5.41) is 10.1. The van der Waals surface area contributed by atoms with Crippen molar-refractivity contribution in [3.05, 3.63) is 12.7 Å². The Kier molecular flexibility index (Phi) is 3.87. The Labute approximate surface area is 86.0 Å². The van der Waals surface area contributed by atoms with Gasteiger partial charge in [-0.05, 0) is 38.0 Å². The smallest absolute Gasteiger partial charge is 0.164 e. The molecule has 0 aromatic rings. The number of allylic oxidation sites excluding steroid dienone is 1. The Bertz CT molecular complexity index is 212. The number of rotatable bonds is 4. The Morgan fingerprint density at radius 2 is 2.14 bits per heavy atom. The molecule has 80 valence electrons. The molecule has 0 aliphatic heterocycles. The largest absolute Gasteiger partial charge is 0.382 e. The van der Waals surface area contributed by atoms with Crippen LogP contribution in [0, 0.1) is 5.92 Å². The van der Waals surface area contributed by atoms with Crippen molar-refractivity contribution in [2.24, 2.45) is 5.92 Å². The number of carbonyl (C=O) groups is 1. The van der Waals surface area contributed by atoms with E-state index >= 15 is 0 Å². The molecule has 0 unspecified atom stereocenters. The highest BCUT2D eigenvalue weighted by Gasteiger charge is 2.37. The zero-order chi connectivity index (χ0) is 10.6. The van der Waals surface area contributed by atoms with Gasteiger partial charge in [-0.3, -0.25) is 4.79 Å². The summed E-state index contributed by atoms with van der Waals surface area (Å²) in [6.07, 6.45) is 6.07. The van der Waals surface area contributed by atoms with Crippen LogP contribution in [0.2, 0.25) is 0 Å². The van der Waals surface area contributed by atoms with Crippen molar-refractivity contribution in [3.63, 3.8) is 0 Å². The lowest BCUT2D eigenvalue weighted by Crippen LogP contribution is -2.41. The van der Waals surface area contributed by atoms with E-state index in [0.717, 1.165) is 12.8 Å². The average molecular weight is 196 g/mol. The van der Waals surface area contributed by atoms with Crippen LogP contribution in [0.5, 0.6) is 0 Å². The van der Waals surface area contributed by atoms with Gasteiger partial charge in [-0.15, -0.1) is 6.58 Å². The second-order valence-electron chi connectivity index (χ2n) is 4.46. The maximum atomic E-state index is 11.7. The molecule has 2 heteroatoms. The van der Waals surface area contributed by atoms with Crippen LogP contribution in [0.4, 0.5) is 0 Å². The Balaban J connectivity index is 2.48. The molecule has 2 nitrogen and oxygen atoms in total. The quantitative estimate of drug-likeness (QED) is 0.701. The van der Waals surface area contributed by atoms with E-state index in [1.54, 1.807) is 6.08 Å². The Morgan fingerprint density at radius 3 is 2.64 bits per heavy atom. The first kappa shape index (κ1) is 11.4. The predicted octanol–water partition coefficient (Wildman–Crippen LogP) is 2.46. The Hall–Kier alpha value is -0.630. The molecule has 0 radical (unpaired) electrons. The van der Waals surface area contributed by atoms with Gasteiger partial charge in [0.05, 0.1) is 0 Å². The van der Waals surface area contributed by atoms with Gasteiger partial charge in [0, 0.05) is 6.42 Å². The van der Waals surface area contributed by atoms with Gasteiger partial charge in [0.25, 0.3) is 0 Å². The molecule has 0 aromatic heterocycles. The van der Waals surface area contributed by atoms with Crippen LogP contribution in [0.3, 0.4) is 0 Å². The molecule has 1 aliphatic carbocycles. The first-order valence-electron chi connectivity index (χ1n) is 5.45. The summed E-state index contributed by atoms with van der Waals surface area (Å²) in [5.74, 6) is 0.659. The van der Waals surface area contributed by atoms with Crippen molar-refractivity contribution >= 4 is 5.78 Å². The minimum Gasteiger partial charge on any atom is -0.382 e. The monoisotopic (exact) mass is 196 g/mol. The standard InChI is InChI=1S/C12H20O2/c1-3-4-5-11(13)12(14)8-6-10(2)7-9-12/h3,10,14H,1,4-9H2,2H3. The third kappa shape index (κ3) is 2.68. The van der Waals surface area contributed by atoms with Crippen molar-refractivity contribution in [1.29, 1.82) is 0 Å². The lowest BCUT2D eigenvalue weighted by atomic mass is 9.76. The summed E-state index contributed by atoms with van der Waals surface area (Å²) in [4.78, 5) is 11.7. The fourth-order valence-corrected chi connectivity index (χ4v) is 1.98. The molecule has 0 heterocycles. The molecule has 14 heavy (non-hydrogen) atoms. The number of Topliss-reactive ketones (excluding diaryl/α,β-unsaturated/α-hetero) is 1. The first-order chi connectivity index (χ1) is 6.58. The molecule has 0 amide bonds. The van der Waals surface area contributed by atoms with E-state index in [9.17, 15) is 9.90 Å². The average Bonchev–Trinajstić information content (AvgIpc) is 2.19. The van der Waals surface area contributed by atoms with Crippen molar-refractivity contribution in [3.8, 4) is 0 Å². The molecule has 1 fully saturated rings. The molecule has 0 aromatic carbocycles. The fourth-order valence-electron chi connectivity index (χ4n) is 1.98. The van der Waals surface area contributed by atoms with E-state index in [1.807, 2.05) is 0 Å². The number of hydrogen-bond acceptors (Lipinski definition) is 2. The van der Waals surface area contributed by atoms with Gasteiger partial charge in [-0.2, -0.15) is 0 Å². The number of aliphatic hydroxyl groups is 1. The number of carbonyl (C=O) groups excluding carboxylic acids is 1. The summed E-state index contributed by atoms with van der Waals surface area (Å²) in [7, 11) is 0. The molecule has 0 saturated heterocycles. The minimum atomic E-state index is -1.02. The third-order valence-electron chi connectivity index (χ3n) is 3.20. The minimum absolute atomic E-state index is 0.00398. The van der Waals surface area contributed by atoms with Gasteiger partial charge in [0.15, 0.2) is 5.78 Å². The van der Waals surface area contributed by atoms with Crippen LogP contribution in [-0.4, -0.2) is 16.5 Å². The third-order valence-corrected chi connectivity index (χ3v) is 3.20. The molecule has 0 atom stereocenters. The van der Waals surface area contributed by atoms with Gasteiger partial charge in [-0.25, -0.2) is 0 Å². The van der Waals surface area contributed by atoms with Crippen molar-refractivity contribution in [1.82, 2.24) is 0 Å². The highest BCUT2D eigenvalue weighted by atomic mass is 16.3. The van der Waals surface area contributed by atoms with Gasteiger partial charge < -0.3 is 5.11 Å². The van der Waals surface area contributed by atoms with Crippen LogP contribution in [0.1, 0.15) is 45.4 Å². The second-order valence-corrected chi connectivity index (χ2v) is 4.46. The summed E-state index contributed by atoms with van der Waals surface area (Å²) >= 11 is 0. The lowest BCUT2D eigenvalue weighted by molar-refractivity contribution is -0.141. The summed E-state index contributed by atoms with van der Waals surface area (Å²) in [6.45, 7) is 5.75. The molecule has 0 spiro atoms. The predicted molar refractivity (Wildman–Crippen MR) is 57.0 cm³/mol. The highest BCUT2D eigenvalue weighted by Crippen LogP contribution is 2.33. The van der Waals surface area contributed by atoms with Gasteiger partial charge >= 0.3 is 0 Å². The van der Waals surface area contributed by atoms with Crippen LogP contribution in [-0.2, 0) is 4.79 Å². The van der Waals surface area contributed by atoms with Gasteiger partial charge in [0.1, 0.15) is 5.60 Å². The maximum Gasteiger partial charge on any atom is 0.164 e. The molecule has 1 rings (SSSR count). The zero-order valence-corrected chi connectivity index (χ0v) is 8.96. The fraction of sp³-hybridized carbons (Fsp3) is 0.750. The van der Waals surface area contributed by atoms with E-state index in [1.165, 1.54) is 0 Å². The Morgan fingerprint density at radius 1 is 1.57 bits per heavy atom. The summed E-state index contributed by atoms with van der Waals surface area (Å²) in [5.41, 5.74) is -1.02. The van der Waals surface area contributed by atoms with Crippen LogP contribution in [0.25, 0.3) is 0 Å². The highest BCUT2D eigenvalue weighted by molar-refractivity contribution is 5.87. The summed E-state index contributed by atoms with van der Waals surface area (Å²) < 4.78 is 0. The van der Waals surface area contributed by atoms with Crippen LogP contribution < -0.4 is 0 Å². The molecule has 1 saturated carbocycles. The van der Waals surface area contributed by atoms with Crippen molar-refractivity contribution < 1.29 is 9.90 Å². The zero-order valence-electron chi connectivity index (χ0n) is 8.96. The number of hydrogen-bond donors (Lipinski definition) is 1. The van der Waals surface area contributed by atoms with Gasteiger partial charge in [0.2, 0.25) is 0 Å². The van der Waals surface area contributed by atoms with Crippen molar-refractivity contribution in [2.45, 2.75) is 51.0 Å². The maximum absolute atomic E-state index is 11.7. The van der Waals surface area contributed by atoms with Crippen LogP contribution in [0.15, 0.2) is 12.7 Å². The molecular formula is C12H20O2. The molecule has 1 aliphatic rings. The number of ketones is 1. The molecular weight excluding hydrogens is 176 g/mol.